The SMILES string of the molecule is COC(=O)c1c(-c2ccc(OC)c(Cn3cncn3)c2)nn(-c2ccccc2)c1C(=O)OC. The maximum absolute atomic E-state index is 12.8. The van der Waals surface area contributed by atoms with Gasteiger partial charge in [-0.05, 0) is 30.3 Å². The number of aromatic nitrogens is 5. The summed E-state index contributed by atoms with van der Waals surface area (Å²) in [7, 11) is 4.06. The molecule has 4 aromatic rings. The number of hydrogen-bond donors (Lipinski definition) is 0. The Hall–Kier alpha value is -4.47. The zero-order valence-corrected chi connectivity index (χ0v) is 18.3. The fourth-order valence-electron chi connectivity index (χ4n) is 3.50. The summed E-state index contributed by atoms with van der Waals surface area (Å²) >= 11 is 0. The van der Waals surface area contributed by atoms with Gasteiger partial charge in [-0.15, -0.1) is 0 Å². The van der Waals surface area contributed by atoms with E-state index in [-0.39, 0.29) is 17.0 Å². The summed E-state index contributed by atoms with van der Waals surface area (Å²) in [5, 5.41) is 8.76. The zero-order chi connectivity index (χ0) is 23.4. The molecule has 0 atom stereocenters. The number of rotatable bonds is 7. The van der Waals surface area contributed by atoms with Crippen molar-refractivity contribution in [2.24, 2.45) is 0 Å². The van der Waals surface area contributed by atoms with Gasteiger partial charge in [-0.1, -0.05) is 18.2 Å². The average Bonchev–Trinajstić information content (AvgIpc) is 3.51. The van der Waals surface area contributed by atoms with Crippen LogP contribution >= 0.6 is 0 Å². The number of para-hydroxylation sites is 1. The van der Waals surface area contributed by atoms with Gasteiger partial charge in [0.1, 0.15) is 29.7 Å². The quantitative estimate of drug-likeness (QED) is 0.398. The Morgan fingerprint density at radius 3 is 2.36 bits per heavy atom. The molecular formula is C23H21N5O5. The summed E-state index contributed by atoms with van der Waals surface area (Å²) in [5.41, 5.74) is 2.21. The maximum Gasteiger partial charge on any atom is 0.357 e. The van der Waals surface area contributed by atoms with Gasteiger partial charge in [0, 0.05) is 11.1 Å². The van der Waals surface area contributed by atoms with E-state index in [9.17, 15) is 9.59 Å². The second-order valence-electron chi connectivity index (χ2n) is 6.92. The Labute approximate surface area is 189 Å². The van der Waals surface area contributed by atoms with Gasteiger partial charge >= 0.3 is 11.9 Å². The number of benzene rings is 2. The summed E-state index contributed by atoms with van der Waals surface area (Å²) < 4.78 is 18.5. The summed E-state index contributed by atoms with van der Waals surface area (Å²) in [4.78, 5) is 29.5. The lowest BCUT2D eigenvalue weighted by Crippen LogP contribution is -2.15. The highest BCUT2D eigenvalue weighted by atomic mass is 16.5. The molecule has 4 rings (SSSR count). The number of nitrogens with zero attached hydrogens (tertiary/aromatic N) is 5. The summed E-state index contributed by atoms with van der Waals surface area (Å²) in [5.74, 6) is -0.792. The Balaban J connectivity index is 1.94. The van der Waals surface area contributed by atoms with Crippen molar-refractivity contribution in [3.8, 4) is 22.7 Å². The number of ether oxygens (including phenoxy) is 3. The fraction of sp³-hybridized carbons (Fsp3) is 0.174. The van der Waals surface area contributed by atoms with E-state index in [1.165, 1.54) is 25.2 Å². The zero-order valence-electron chi connectivity index (χ0n) is 18.3. The van der Waals surface area contributed by atoms with Gasteiger partial charge in [0.2, 0.25) is 0 Å². The number of carbonyl (C=O) groups is 2. The van der Waals surface area contributed by atoms with Crippen LogP contribution in [0.5, 0.6) is 5.75 Å². The van der Waals surface area contributed by atoms with Crippen LogP contribution in [0.2, 0.25) is 0 Å². The van der Waals surface area contributed by atoms with Crippen LogP contribution in [-0.4, -0.2) is 57.8 Å². The van der Waals surface area contributed by atoms with Crippen molar-refractivity contribution in [1.82, 2.24) is 24.5 Å². The lowest BCUT2D eigenvalue weighted by Gasteiger charge is -2.11. The van der Waals surface area contributed by atoms with Crippen LogP contribution in [0.4, 0.5) is 0 Å². The Morgan fingerprint density at radius 1 is 0.970 bits per heavy atom. The van der Waals surface area contributed by atoms with Crippen LogP contribution in [0.1, 0.15) is 26.4 Å². The molecule has 0 fully saturated rings. The van der Waals surface area contributed by atoms with Crippen LogP contribution in [0.3, 0.4) is 0 Å². The molecule has 0 amide bonds. The minimum absolute atomic E-state index is 0.00470. The predicted molar refractivity (Wildman–Crippen MR) is 117 cm³/mol. The van der Waals surface area contributed by atoms with Crippen LogP contribution in [0.15, 0.2) is 61.2 Å². The number of methoxy groups -OCH3 is 3. The molecule has 2 heterocycles. The highest BCUT2D eigenvalue weighted by Gasteiger charge is 2.31. The Kier molecular flexibility index (Phi) is 6.16. The first kappa shape index (κ1) is 21.8. The first-order valence-corrected chi connectivity index (χ1v) is 9.92. The van der Waals surface area contributed by atoms with Gasteiger partial charge in [-0.3, -0.25) is 0 Å². The second-order valence-corrected chi connectivity index (χ2v) is 6.92. The first-order chi connectivity index (χ1) is 16.1. The Morgan fingerprint density at radius 2 is 1.73 bits per heavy atom. The molecule has 0 saturated carbocycles. The van der Waals surface area contributed by atoms with E-state index in [4.69, 9.17) is 14.2 Å². The monoisotopic (exact) mass is 447 g/mol. The maximum atomic E-state index is 12.8. The Bertz CT molecular complexity index is 1280. The highest BCUT2D eigenvalue weighted by molar-refractivity contribution is 6.06. The van der Waals surface area contributed by atoms with E-state index in [2.05, 4.69) is 15.2 Å². The van der Waals surface area contributed by atoms with Crippen molar-refractivity contribution in [3.05, 3.63) is 78.0 Å². The molecule has 0 aliphatic carbocycles. The molecule has 2 aromatic carbocycles. The van der Waals surface area contributed by atoms with Crippen LogP contribution in [0.25, 0.3) is 16.9 Å². The van der Waals surface area contributed by atoms with E-state index < -0.39 is 11.9 Å². The molecule has 10 heteroatoms. The molecule has 0 radical (unpaired) electrons. The standard InChI is InChI=1S/C23H21N5O5/c1-31-18-10-9-15(11-16(18)12-27-14-24-13-25-27)20-19(22(29)32-2)21(23(30)33-3)28(26-20)17-7-5-4-6-8-17/h4-11,13-14H,12H2,1-3H3. The summed E-state index contributed by atoms with van der Waals surface area (Å²) in [6.07, 6.45) is 3.03. The summed E-state index contributed by atoms with van der Waals surface area (Å²) in [6, 6.07) is 14.3. The molecule has 0 aliphatic heterocycles. The third-order valence-corrected chi connectivity index (χ3v) is 5.01. The van der Waals surface area contributed by atoms with Crippen molar-refractivity contribution in [1.29, 1.82) is 0 Å². The van der Waals surface area contributed by atoms with E-state index in [0.29, 0.717) is 23.5 Å². The van der Waals surface area contributed by atoms with Crippen molar-refractivity contribution < 1.29 is 23.8 Å². The van der Waals surface area contributed by atoms with Crippen LogP contribution in [-0.2, 0) is 16.0 Å². The predicted octanol–water partition coefficient (Wildman–Crippen LogP) is 2.76. The van der Waals surface area contributed by atoms with Gasteiger partial charge in [-0.2, -0.15) is 10.2 Å². The van der Waals surface area contributed by atoms with E-state index in [0.717, 1.165) is 5.56 Å². The molecule has 0 aliphatic rings. The molecule has 0 unspecified atom stereocenters. The lowest BCUT2D eigenvalue weighted by atomic mass is 10.0. The normalized spacial score (nSPS) is 10.6. The largest absolute Gasteiger partial charge is 0.496 e. The minimum atomic E-state index is -0.714. The third-order valence-electron chi connectivity index (χ3n) is 5.01. The molecule has 2 aromatic heterocycles. The van der Waals surface area contributed by atoms with Gasteiger partial charge in [0.25, 0.3) is 0 Å². The van der Waals surface area contributed by atoms with Crippen molar-refractivity contribution in [2.75, 3.05) is 21.3 Å². The van der Waals surface area contributed by atoms with Crippen molar-refractivity contribution in [3.63, 3.8) is 0 Å². The minimum Gasteiger partial charge on any atom is -0.496 e. The second kappa shape index (κ2) is 9.35. The number of hydrogen-bond acceptors (Lipinski definition) is 8. The van der Waals surface area contributed by atoms with E-state index >= 15 is 0 Å². The number of carbonyl (C=O) groups excluding carboxylic acids is 2. The topological polar surface area (TPSA) is 110 Å². The molecule has 0 bridgehead atoms. The molecule has 0 N–H and O–H groups in total. The lowest BCUT2D eigenvalue weighted by molar-refractivity contribution is 0.0549. The van der Waals surface area contributed by atoms with Crippen molar-refractivity contribution in [2.45, 2.75) is 6.54 Å². The average molecular weight is 447 g/mol. The third kappa shape index (κ3) is 4.18. The smallest absolute Gasteiger partial charge is 0.357 e. The van der Waals surface area contributed by atoms with Crippen LogP contribution < -0.4 is 4.74 Å². The van der Waals surface area contributed by atoms with Gasteiger partial charge in [-0.25, -0.2) is 23.9 Å². The van der Waals surface area contributed by atoms with E-state index in [1.807, 2.05) is 12.1 Å². The summed E-state index contributed by atoms with van der Waals surface area (Å²) in [6.45, 7) is 0.383. The van der Waals surface area contributed by atoms with Crippen LogP contribution in [0, 0.1) is 0 Å². The van der Waals surface area contributed by atoms with Gasteiger partial charge in [0.05, 0.1) is 33.6 Å². The van der Waals surface area contributed by atoms with Gasteiger partial charge < -0.3 is 14.2 Å². The van der Waals surface area contributed by atoms with E-state index in [1.54, 1.807) is 54.5 Å². The van der Waals surface area contributed by atoms with Crippen molar-refractivity contribution >= 4 is 11.9 Å². The van der Waals surface area contributed by atoms with Gasteiger partial charge in [0.15, 0.2) is 5.69 Å². The first-order valence-electron chi connectivity index (χ1n) is 9.92. The molecular weight excluding hydrogens is 426 g/mol. The highest BCUT2D eigenvalue weighted by Crippen LogP contribution is 2.32. The fourth-order valence-corrected chi connectivity index (χ4v) is 3.50. The number of esters is 2. The molecule has 0 saturated heterocycles. The molecule has 168 valence electrons. The molecule has 10 nitrogen and oxygen atoms in total. The molecule has 0 spiro atoms. The molecule has 33 heavy (non-hydrogen) atoms.